The molecule has 1 heterocycles. The van der Waals surface area contributed by atoms with Crippen LogP contribution >= 0.6 is 0 Å². The van der Waals surface area contributed by atoms with Crippen molar-refractivity contribution in [3.8, 4) is 0 Å². The Balaban J connectivity index is 1.50. The zero-order chi connectivity index (χ0) is 22.2. The minimum atomic E-state index is -0.249. The van der Waals surface area contributed by atoms with Crippen LogP contribution < -0.4 is 0 Å². The molecule has 0 spiro atoms. The van der Waals surface area contributed by atoms with E-state index in [-0.39, 0.29) is 30.5 Å². The Labute approximate surface area is 191 Å². The van der Waals surface area contributed by atoms with E-state index in [1.54, 1.807) is 0 Å². The van der Waals surface area contributed by atoms with Gasteiger partial charge >= 0.3 is 0 Å². The number of benzene rings is 3. The third kappa shape index (κ3) is 6.05. The second-order valence-electron chi connectivity index (χ2n) is 8.33. The van der Waals surface area contributed by atoms with Crippen molar-refractivity contribution in [3.63, 3.8) is 0 Å². The molecule has 32 heavy (non-hydrogen) atoms. The molecule has 3 aromatic rings. The van der Waals surface area contributed by atoms with E-state index in [9.17, 15) is 0 Å². The van der Waals surface area contributed by atoms with Crippen LogP contribution in [-0.2, 0) is 38.8 Å². The largest absolute Gasteiger partial charge is 0.370 e. The van der Waals surface area contributed by atoms with Crippen LogP contribution in [0.15, 0.2) is 91.0 Å². The van der Waals surface area contributed by atoms with Gasteiger partial charge in [0.05, 0.1) is 32.0 Å². The second kappa shape index (κ2) is 11.4. The molecule has 0 amide bonds. The Kier molecular flexibility index (Phi) is 8.07. The fourth-order valence-electron chi connectivity index (χ4n) is 4.17. The molecule has 0 aliphatic carbocycles. The van der Waals surface area contributed by atoms with Crippen LogP contribution in [0.5, 0.6) is 0 Å². The van der Waals surface area contributed by atoms with Crippen LogP contribution in [0.3, 0.4) is 0 Å². The van der Waals surface area contributed by atoms with Crippen LogP contribution in [0.1, 0.15) is 30.5 Å². The van der Waals surface area contributed by atoms with Gasteiger partial charge in [-0.05, 0) is 30.5 Å². The summed E-state index contributed by atoms with van der Waals surface area (Å²) in [5, 5.41) is 0. The van der Waals surface area contributed by atoms with Gasteiger partial charge in [-0.15, -0.1) is 0 Å². The van der Waals surface area contributed by atoms with Gasteiger partial charge in [0.25, 0.3) is 0 Å². The minimum Gasteiger partial charge on any atom is -0.370 e. The van der Waals surface area contributed by atoms with E-state index in [1.165, 1.54) is 0 Å². The molecule has 3 aromatic carbocycles. The van der Waals surface area contributed by atoms with Crippen molar-refractivity contribution >= 4 is 0 Å². The summed E-state index contributed by atoms with van der Waals surface area (Å²) in [5.41, 5.74) is 3.38. The van der Waals surface area contributed by atoms with Crippen molar-refractivity contribution in [2.24, 2.45) is 0 Å². The fraction of sp³-hybridized carbons (Fsp3) is 0.357. The lowest BCUT2D eigenvalue weighted by molar-refractivity contribution is -0.257. The molecular weight excluding hydrogens is 400 g/mol. The van der Waals surface area contributed by atoms with Crippen molar-refractivity contribution in [2.45, 2.75) is 64.2 Å². The van der Waals surface area contributed by atoms with Gasteiger partial charge in [0, 0.05) is 0 Å². The lowest BCUT2D eigenvalue weighted by Crippen LogP contribution is -2.58. The average Bonchev–Trinajstić information content (AvgIpc) is 2.83. The third-order valence-corrected chi connectivity index (χ3v) is 5.86. The number of hydrogen-bond donors (Lipinski definition) is 0. The smallest absolute Gasteiger partial charge is 0.115 e. The standard InChI is InChI=1S/C28H32O4/c1-21-26(29-18-23-12-6-3-7-13-23)28(31-20-25-16-10-5-11-17-25)27(22(2)32-21)30-19-24-14-8-4-9-15-24/h3-17,21-22,26-28H,18-20H2,1-2H3/t21-,22?,26-,27-,28?/m0/s1. The van der Waals surface area contributed by atoms with Crippen molar-refractivity contribution in [1.82, 2.24) is 0 Å². The van der Waals surface area contributed by atoms with E-state index < -0.39 is 0 Å². The summed E-state index contributed by atoms with van der Waals surface area (Å²) in [4.78, 5) is 0. The third-order valence-electron chi connectivity index (χ3n) is 5.86. The molecule has 0 aromatic heterocycles. The maximum Gasteiger partial charge on any atom is 0.115 e. The van der Waals surface area contributed by atoms with Crippen LogP contribution in [0, 0.1) is 0 Å². The molecule has 1 saturated heterocycles. The maximum absolute atomic E-state index is 6.48. The van der Waals surface area contributed by atoms with E-state index >= 15 is 0 Å². The molecule has 4 nitrogen and oxygen atoms in total. The highest BCUT2D eigenvalue weighted by atomic mass is 16.6. The molecule has 1 aliphatic heterocycles. The summed E-state index contributed by atoms with van der Waals surface area (Å²) in [6, 6.07) is 30.6. The summed E-state index contributed by atoms with van der Waals surface area (Å²) in [5.74, 6) is 0. The molecule has 1 fully saturated rings. The molecule has 0 radical (unpaired) electrons. The average molecular weight is 433 g/mol. The van der Waals surface area contributed by atoms with E-state index in [2.05, 4.69) is 50.2 Å². The van der Waals surface area contributed by atoms with Gasteiger partial charge in [-0.3, -0.25) is 0 Å². The Morgan fingerprint density at radius 2 is 0.812 bits per heavy atom. The van der Waals surface area contributed by atoms with Crippen LogP contribution in [-0.4, -0.2) is 30.5 Å². The first-order valence-corrected chi connectivity index (χ1v) is 11.3. The lowest BCUT2D eigenvalue weighted by Gasteiger charge is -2.44. The molecule has 2 unspecified atom stereocenters. The molecule has 1 aliphatic rings. The summed E-state index contributed by atoms with van der Waals surface area (Å²) >= 11 is 0. The zero-order valence-electron chi connectivity index (χ0n) is 18.8. The van der Waals surface area contributed by atoms with E-state index in [0.29, 0.717) is 19.8 Å². The van der Waals surface area contributed by atoms with Crippen LogP contribution in [0.4, 0.5) is 0 Å². The highest BCUT2D eigenvalue weighted by Gasteiger charge is 2.44. The number of rotatable bonds is 9. The number of hydrogen-bond acceptors (Lipinski definition) is 4. The molecule has 0 N–H and O–H groups in total. The Hall–Kier alpha value is -2.50. The Morgan fingerprint density at radius 1 is 0.500 bits per heavy atom. The molecule has 0 saturated carbocycles. The zero-order valence-corrected chi connectivity index (χ0v) is 18.8. The molecule has 168 valence electrons. The normalized spacial score (nSPS) is 25.5. The van der Waals surface area contributed by atoms with Gasteiger partial charge < -0.3 is 18.9 Å². The molecular formula is C28H32O4. The first-order valence-electron chi connectivity index (χ1n) is 11.3. The highest BCUT2D eigenvalue weighted by molar-refractivity contribution is 5.15. The molecule has 4 heteroatoms. The van der Waals surface area contributed by atoms with Crippen molar-refractivity contribution in [3.05, 3.63) is 108 Å². The van der Waals surface area contributed by atoms with Crippen molar-refractivity contribution in [2.75, 3.05) is 0 Å². The highest BCUT2D eigenvalue weighted by Crippen LogP contribution is 2.30. The van der Waals surface area contributed by atoms with Gasteiger partial charge in [0.2, 0.25) is 0 Å². The van der Waals surface area contributed by atoms with Crippen LogP contribution in [0.25, 0.3) is 0 Å². The number of ether oxygens (including phenoxy) is 4. The van der Waals surface area contributed by atoms with Gasteiger partial charge in [0.15, 0.2) is 0 Å². The van der Waals surface area contributed by atoms with Crippen molar-refractivity contribution in [1.29, 1.82) is 0 Å². The summed E-state index contributed by atoms with van der Waals surface area (Å²) in [6.45, 7) is 5.62. The minimum absolute atomic E-state index is 0.105. The van der Waals surface area contributed by atoms with Gasteiger partial charge in [0.1, 0.15) is 18.3 Å². The first kappa shape index (κ1) is 22.7. The summed E-state index contributed by atoms with van der Waals surface area (Å²) in [6.07, 6.45) is -0.940. The van der Waals surface area contributed by atoms with E-state index in [4.69, 9.17) is 18.9 Å². The van der Waals surface area contributed by atoms with Gasteiger partial charge in [-0.2, -0.15) is 0 Å². The lowest BCUT2D eigenvalue weighted by atomic mass is 9.95. The Bertz CT molecular complexity index is 860. The summed E-state index contributed by atoms with van der Waals surface area (Å²) in [7, 11) is 0. The maximum atomic E-state index is 6.48. The molecule has 5 atom stereocenters. The Morgan fingerprint density at radius 3 is 1.16 bits per heavy atom. The van der Waals surface area contributed by atoms with Crippen molar-refractivity contribution < 1.29 is 18.9 Å². The van der Waals surface area contributed by atoms with E-state index in [1.807, 2.05) is 54.6 Å². The fourth-order valence-corrected chi connectivity index (χ4v) is 4.17. The SMILES string of the molecule is CC1O[C@@H](C)[C@H](OCc2ccccc2)C(OCc2ccccc2)[C@H]1OCc1ccccc1. The quantitative estimate of drug-likeness (QED) is 0.444. The first-order chi connectivity index (χ1) is 15.7. The van der Waals surface area contributed by atoms with E-state index in [0.717, 1.165) is 16.7 Å². The summed E-state index contributed by atoms with van der Waals surface area (Å²) < 4.78 is 25.5. The molecule has 4 rings (SSSR count). The van der Waals surface area contributed by atoms with Crippen LogP contribution in [0.2, 0.25) is 0 Å². The molecule has 0 bridgehead atoms. The monoisotopic (exact) mass is 432 g/mol. The predicted octanol–water partition coefficient (Wildman–Crippen LogP) is 5.55. The van der Waals surface area contributed by atoms with Gasteiger partial charge in [-0.1, -0.05) is 91.0 Å². The topological polar surface area (TPSA) is 36.9 Å². The van der Waals surface area contributed by atoms with Gasteiger partial charge in [-0.25, -0.2) is 0 Å². The second-order valence-corrected chi connectivity index (χ2v) is 8.33. The predicted molar refractivity (Wildman–Crippen MR) is 125 cm³/mol.